The van der Waals surface area contributed by atoms with E-state index in [-0.39, 0.29) is 24.1 Å². The molecule has 0 aliphatic carbocycles. The molecule has 2 aromatic carbocycles. The molecule has 3 rings (SSSR count). The number of benzene rings is 2. The van der Waals surface area contributed by atoms with Crippen LogP contribution in [-0.4, -0.2) is 35.1 Å². The average Bonchev–Trinajstić information content (AvgIpc) is 3.09. The summed E-state index contributed by atoms with van der Waals surface area (Å²) in [6, 6.07) is 11.9. The highest BCUT2D eigenvalue weighted by Crippen LogP contribution is 2.23. The Labute approximate surface area is 162 Å². The molecule has 1 heterocycles. The number of H-pyrrole nitrogens is 1. The molecule has 0 aliphatic rings. The number of phenolic OH excluding ortho intramolecular Hbond substituents is 1. The molecule has 0 saturated heterocycles. The van der Waals surface area contributed by atoms with Crippen LogP contribution >= 0.6 is 0 Å². The largest absolute Gasteiger partial charge is 0.508 e. The van der Waals surface area contributed by atoms with E-state index < -0.39 is 6.04 Å². The van der Waals surface area contributed by atoms with Gasteiger partial charge in [0.15, 0.2) is 0 Å². The zero-order valence-corrected chi connectivity index (χ0v) is 15.8. The number of aromatic hydroxyl groups is 1. The van der Waals surface area contributed by atoms with Gasteiger partial charge in [-0.25, -0.2) is 0 Å². The summed E-state index contributed by atoms with van der Waals surface area (Å²) in [6.07, 6.45) is 2.19. The third kappa shape index (κ3) is 4.43. The molecule has 0 bridgehead atoms. The first-order valence-electron chi connectivity index (χ1n) is 8.93. The molecule has 146 valence electrons. The number of methoxy groups -OCH3 is 1. The fraction of sp³-hybridized carbons (Fsp3) is 0.238. The third-order valence-corrected chi connectivity index (χ3v) is 4.53. The van der Waals surface area contributed by atoms with Gasteiger partial charge in [0.05, 0.1) is 7.11 Å². The molecule has 1 aromatic heterocycles. The van der Waals surface area contributed by atoms with Crippen molar-refractivity contribution in [2.75, 3.05) is 7.11 Å². The van der Waals surface area contributed by atoms with Crippen molar-refractivity contribution < 1.29 is 19.4 Å². The topological polar surface area (TPSA) is 103 Å². The van der Waals surface area contributed by atoms with Crippen molar-refractivity contribution in [2.24, 2.45) is 0 Å². The number of ether oxygens (including phenoxy) is 1. The fourth-order valence-corrected chi connectivity index (χ4v) is 3.11. The van der Waals surface area contributed by atoms with Gasteiger partial charge >= 0.3 is 0 Å². The molecule has 28 heavy (non-hydrogen) atoms. The van der Waals surface area contributed by atoms with E-state index in [2.05, 4.69) is 15.6 Å². The minimum absolute atomic E-state index is 0.0637. The number of hydrogen-bond acceptors (Lipinski definition) is 4. The Bertz CT molecular complexity index is 996. The predicted molar refractivity (Wildman–Crippen MR) is 106 cm³/mol. The minimum atomic E-state index is -0.732. The minimum Gasteiger partial charge on any atom is -0.508 e. The van der Waals surface area contributed by atoms with Gasteiger partial charge in [0.2, 0.25) is 11.8 Å². The Balaban J connectivity index is 1.74. The number of hydrogen-bond donors (Lipinski definition) is 4. The van der Waals surface area contributed by atoms with E-state index in [9.17, 15) is 14.7 Å². The number of nitrogens with one attached hydrogen (secondary N) is 3. The molecule has 3 aromatic rings. The van der Waals surface area contributed by atoms with Crippen LogP contribution in [0.5, 0.6) is 11.5 Å². The number of rotatable bonds is 7. The second-order valence-corrected chi connectivity index (χ2v) is 6.53. The van der Waals surface area contributed by atoms with Crippen LogP contribution in [-0.2, 0) is 22.6 Å². The summed E-state index contributed by atoms with van der Waals surface area (Å²) < 4.78 is 5.14. The molecule has 1 atom stereocenters. The zero-order chi connectivity index (χ0) is 20.1. The van der Waals surface area contributed by atoms with Crippen LogP contribution in [0.4, 0.5) is 0 Å². The summed E-state index contributed by atoms with van der Waals surface area (Å²) in [4.78, 5) is 27.5. The van der Waals surface area contributed by atoms with E-state index >= 15 is 0 Å². The molecule has 0 radical (unpaired) electrons. The lowest BCUT2D eigenvalue weighted by Gasteiger charge is -2.18. The van der Waals surface area contributed by atoms with Gasteiger partial charge in [0.1, 0.15) is 17.5 Å². The van der Waals surface area contributed by atoms with Crippen LogP contribution in [0.3, 0.4) is 0 Å². The second kappa shape index (κ2) is 8.47. The zero-order valence-electron chi connectivity index (χ0n) is 15.8. The van der Waals surface area contributed by atoms with Gasteiger partial charge in [-0.1, -0.05) is 18.2 Å². The van der Waals surface area contributed by atoms with Crippen molar-refractivity contribution in [3.63, 3.8) is 0 Å². The number of para-hydroxylation sites is 1. The maximum Gasteiger partial charge on any atom is 0.243 e. The maximum absolute atomic E-state index is 12.7. The van der Waals surface area contributed by atoms with Gasteiger partial charge in [0, 0.05) is 42.6 Å². The van der Waals surface area contributed by atoms with E-state index in [0.29, 0.717) is 17.7 Å². The predicted octanol–water partition coefficient (Wildman–Crippen LogP) is 2.25. The summed E-state index contributed by atoms with van der Waals surface area (Å²) in [5.74, 6) is 0.0278. The summed E-state index contributed by atoms with van der Waals surface area (Å²) in [6.45, 7) is 1.50. The SMILES string of the molecule is COc1ccc(O)c(CNC(=O)C(Cc2c[nH]c3ccccc23)NC(C)=O)c1. The number of fused-ring (bicyclic) bond motifs is 1. The van der Waals surface area contributed by atoms with Crippen LogP contribution in [0.2, 0.25) is 0 Å². The van der Waals surface area contributed by atoms with Gasteiger partial charge in [-0.15, -0.1) is 0 Å². The Morgan fingerprint density at radius 3 is 2.71 bits per heavy atom. The van der Waals surface area contributed by atoms with Crippen molar-refractivity contribution in [2.45, 2.75) is 25.9 Å². The molecule has 7 nitrogen and oxygen atoms in total. The molecule has 4 N–H and O–H groups in total. The Kier molecular flexibility index (Phi) is 5.84. The van der Waals surface area contributed by atoms with Crippen LogP contribution in [0.1, 0.15) is 18.1 Å². The molecule has 0 fully saturated rings. The number of carbonyl (C=O) groups is 2. The van der Waals surface area contributed by atoms with E-state index in [1.807, 2.05) is 30.5 Å². The van der Waals surface area contributed by atoms with Crippen molar-refractivity contribution in [3.8, 4) is 11.5 Å². The lowest BCUT2D eigenvalue weighted by Crippen LogP contribution is -2.47. The van der Waals surface area contributed by atoms with Gasteiger partial charge < -0.3 is 25.5 Å². The molecule has 0 aliphatic heterocycles. The highest BCUT2D eigenvalue weighted by molar-refractivity contribution is 5.89. The van der Waals surface area contributed by atoms with Crippen molar-refractivity contribution in [1.29, 1.82) is 0 Å². The van der Waals surface area contributed by atoms with E-state index in [1.165, 1.54) is 20.1 Å². The summed E-state index contributed by atoms with van der Waals surface area (Å²) in [7, 11) is 1.53. The van der Waals surface area contributed by atoms with Crippen LogP contribution in [0.15, 0.2) is 48.7 Å². The molecule has 2 amide bonds. The summed E-state index contributed by atoms with van der Waals surface area (Å²) in [5, 5.41) is 16.5. The van der Waals surface area contributed by atoms with E-state index in [0.717, 1.165) is 16.5 Å². The number of aromatic nitrogens is 1. The highest BCUT2D eigenvalue weighted by atomic mass is 16.5. The van der Waals surface area contributed by atoms with Gasteiger partial charge in [0.25, 0.3) is 0 Å². The standard InChI is InChI=1S/C21H23N3O4/c1-13(25)24-19(10-14-11-22-18-6-4-3-5-17(14)18)21(27)23-12-15-9-16(28-2)7-8-20(15)26/h3-9,11,19,22,26H,10,12H2,1-2H3,(H,23,27)(H,24,25). The number of carbonyl (C=O) groups excluding carboxylic acids is 2. The maximum atomic E-state index is 12.7. The summed E-state index contributed by atoms with van der Waals surface area (Å²) in [5.41, 5.74) is 2.44. The van der Waals surface area contributed by atoms with Crippen molar-refractivity contribution in [3.05, 3.63) is 59.8 Å². The van der Waals surface area contributed by atoms with E-state index in [4.69, 9.17) is 4.74 Å². The Hall–Kier alpha value is -3.48. The highest BCUT2D eigenvalue weighted by Gasteiger charge is 2.21. The monoisotopic (exact) mass is 381 g/mol. The first kappa shape index (κ1) is 19.3. The molecular formula is C21H23N3O4. The van der Waals surface area contributed by atoms with Gasteiger partial charge in [-0.2, -0.15) is 0 Å². The Morgan fingerprint density at radius 1 is 1.18 bits per heavy atom. The normalized spacial score (nSPS) is 11.8. The van der Waals surface area contributed by atoms with Gasteiger partial charge in [-0.3, -0.25) is 9.59 Å². The first-order valence-corrected chi connectivity index (χ1v) is 8.93. The quantitative estimate of drug-likeness (QED) is 0.504. The number of aromatic amines is 1. The number of phenols is 1. The van der Waals surface area contributed by atoms with Crippen molar-refractivity contribution >= 4 is 22.7 Å². The number of amides is 2. The van der Waals surface area contributed by atoms with Crippen molar-refractivity contribution in [1.82, 2.24) is 15.6 Å². The first-order chi connectivity index (χ1) is 13.5. The molecule has 7 heteroatoms. The molecule has 1 unspecified atom stereocenters. The molecular weight excluding hydrogens is 358 g/mol. The fourth-order valence-electron chi connectivity index (χ4n) is 3.11. The van der Waals surface area contributed by atoms with Crippen LogP contribution in [0.25, 0.3) is 10.9 Å². The van der Waals surface area contributed by atoms with E-state index in [1.54, 1.807) is 12.1 Å². The lowest BCUT2D eigenvalue weighted by molar-refractivity contribution is -0.128. The lowest BCUT2D eigenvalue weighted by atomic mass is 10.0. The summed E-state index contributed by atoms with van der Waals surface area (Å²) >= 11 is 0. The van der Waals surface area contributed by atoms with Crippen LogP contribution in [0, 0.1) is 0 Å². The van der Waals surface area contributed by atoms with Gasteiger partial charge in [-0.05, 0) is 29.8 Å². The third-order valence-electron chi connectivity index (χ3n) is 4.53. The smallest absolute Gasteiger partial charge is 0.243 e. The Morgan fingerprint density at radius 2 is 1.96 bits per heavy atom. The average molecular weight is 381 g/mol. The molecule has 0 saturated carbocycles. The second-order valence-electron chi connectivity index (χ2n) is 6.53. The van der Waals surface area contributed by atoms with Crippen LogP contribution < -0.4 is 15.4 Å². The molecule has 0 spiro atoms.